The first kappa shape index (κ1) is 21.4. The molecule has 1 saturated heterocycles. The number of rotatable bonds is 6. The van der Waals surface area contributed by atoms with Crippen molar-refractivity contribution in [3.05, 3.63) is 65.7 Å². The number of ether oxygens (including phenoxy) is 1. The van der Waals surface area contributed by atoms with Crippen LogP contribution >= 0.6 is 0 Å². The van der Waals surface area contributed by atoms with Crippen molar-refractivity contribution >= 4 is 18.7 Å². The summed E-state index contributed by atoms with van der Waals surface area (Å²) in [5.41, 5.74) is 2.38. The maximum atomic E-state index is 12.0. The number of carbonyl (C=O) groups excluding carboxylic acids is 1. The maximum Gasteiger partial charge on any atom is 0.494 e. The molecule has 6 heteroatoms. The molecule has 29 heavy (non-hydrogen) atoms. The van der Waals surface area contributed by atoms with Crippen LogP contribution in [0.3, 0.4) is 0 Å². The van der Waals surface area contributed by atoms with Gasteiger partial charge in [-0.1, -0.05) is 54.6 Å². The van der Waals surface area contributed by atoms with E-state index in [4.69, 9.17) is 14.0 Å². The molecule has 2 aromatic rings. The van der Waals surface area contributed by atoms with Crippen molar-refractivity contribution in [3.63, 3.8) is 0 Å². The molecule has 0 radical (unpaired) electrons. The van der Waals surface area contributed by atoms with Crippen LogP contribution in [0.25, 0.3) is 0 Å². The Morgan fingerprint density at radius 2 is 1.55 bits per heavy atom. The van der Waals surface area contributed by atoms with Gasteiger partial charge in [-0.25, -0.2) is 4.79 Å². The van der Waals surface area contributed by atoms with E-state index in [9.17, 15) is 4.79 Å². The molecule has 0 unspecified atom stereocenters. The van der Waals surface area contributed by atoms with Crippen LogP contribution in [0.5, 0.6) is 0 Å². The first-order valence-corrected chi connectivity index (χ1v) is 10.1. The lowest BCUT2D eigenvalue weighted by Crippen LogP contribution is -2.41. The minimum absolute atomic E-state index is 0.0408. The highest BCUT2D eigenvalue weighted by atomic mass is 16.7. The van der Waals surface area contributed by atoms with E-state index < -0.39 is 6.09 Å². The molecule has 154 valence electrons. The van der Waals surface area contributed by atoms with Crippen molar-refractivity contribution in [2.24, 2.45) is 0 Å². The van der Waals surface area contributed by atoms with Gasteiger partial charge in [0.2, 0.25) is 0 Å². The second-order valence-corrected chi connectivity index (χ2v) is 8.64. The smallest absolute Gasteiger partial charge is 0.445 e. The van der Waals surface area contributed by atoms with Crippen molar-refractivity contribution in [2.75, 3.05) is 0 Å². The number of carbonyl (C=O) groups is 1. The van der Waals surface area contributed by atoms with Gasteiger partial charge in [0, 0.05) is 6.04 Å². The summed E-state index contributed by atoms with van der Waals surface area (Å²) < 4.78 is 17.5. The molecular formula is C23H30BNO4. The average molecular weight is 395 g/mol. The molecule has 0 aromatic heterocycles. The van der Waals surface area contributed by atoms with Crippen LogP contribution in [0.15, 0.2) is 54.6 Å². The van der Waals surface area contributed by atoms with Crippen molar-refractivity contribution in [1.29, 1.82) is 0 Å². The number of amides is 1. The first-order chi connectivity index (χ1) is 13.7. The van der Waals surface area contributed by atoms with Gasteiger partial charge >= 0.3 is 13.2 Å². The molecule has 1 aliphatic rings. The topological polar surface area (TPSA) is 56.8 Å². The van der Waals surface area contributed by atoms with E-state index in [-0.39, 0.29) is 31.0 Å². The molecule has 1 fully saturated rings. The third kappa shape index (κ3) is 5.40. The molecular weight excluding hydrogens is 365 g/mol. The van der Waals surface area contributed by atoms with Crippen LogP contribution in [0.1, 0.15) is 45.7 Å². The third-order valence-corrected chi connectivity index (χ3v) is 5.62. The summed E-state index contributed by atoms with van der Waals surface area (Å²) in [5.74, 6) is 0. The zero-order valence-corrected chi connectivity index (χ0v) is 17.9. The number of hydrogen-bond donors (Lipinski definition) is 1. The van der Waals surface area contributed by atoms with Crippen LogP contribution in [0, 0.1) is 0 Å². The van der Waals surface area contributed by atoms with Crippen LogP contribution in [0.4, 0.5) is 4.79 Å². The van der Waals surface area contributed by atoms with E-state index >= 15 is 0 Å². The van der Waals surface area contributed by atoms with Crippen molar-refractivity contribution in [2.45, 2.75) is 64.9 Å². The second kappa shape index (κ2) is 8.60. The van der Waals surface area contributed by atoms with Crippen LogP contribution in [-0.4, -0.2) is 30.5 Å². The average Bonchev–Trinajstić information content (AvgIpc) is 2.89. The molecule has 1 aliphatic heterocycles. The Bertz CT molecular complexity index is 805. The zero-order valence-electron chi connectivity index (χ0n) is 17.9. The number of hydrogen-bond acceptors (Lipinski definition) is 4. The summed E-state index contributed by atoms with van der Waals surface area (Å²) in [6.07, 6.45) is 0.305. The lowest BCUT2D eigenvalue weighted by Gasteiger charge is -2.32. The predicted octanol–water partition coefficient (Wildman–Crippen LogP) is 3.84. The Kier molecular flexibility index (Phi) is 6.34. The standard InChI is InChI=1S/C23H30BNO4/c1-17(25-21(26)27-16-19-9-7-6-8-10-19)15-18-11-13-20(14-12-18)24-28-22(2,3)23(4,5)29-24/h6-14,17H,15-16H2,1-5H3,(H,25,26)/t17-/m1/s1. The molecule has 1 N–H and O–H groups in total. The number of nitrogens with one attached hydrogen (secondary N) is 1. The fourth-order valence-corrected chi connectivity index (χ4v) is 3.16. The van der Waals surface area contributed by atoms with Gasteiger partial charge in [0.05, 0.1) is 11.2 Å². The Hall–Kier alpha value is -2.31. The van der Waals surface area contributed by atoms with Crippen LogP contribution in [0.2, 0.25) is 0 Å². The normalized spacial score (nSPS) is 18.3. The number of alkyl carbamates (subject to hydrolysis) is 1. The summed E-state index contributed by atoms with van der Waals surface area (Å²) in [4.78, 5) is 12.0. The van der Waals surface area contributed by atoms with Gasteiger partial charge in [-0.2, -0.15) is 0 Å². The van der Waals surface area contributed by atoms with Crippen LogP contribution in [-0.2, 0) is 27.1 Å². The molecule has 1 atom stereocenters. The maximum absolute atomic E-state index is 12.0. The highest BCUT2D eigenvalue weighted by Crippen LogP contribution is 2.36. The SMILES string of the molecule is C[C@H](Cc1ccc(B2OC(C)(C)C(C)(C)O2)cc1)NC(=O)OCc1ccccc1. The van der Waals surface area contributed by atoms with Gasteiger partial charge in [0.15, 0.2) is 0 Å². The molecule has 0 saturated carbocycles. The van der Waals surface area contributed by atoms with Gasteiger partial charge in [-0.05, 0) is 57.6 Å². The molecule has 5 nitrogen and oxygen atoms in total. The summed E-state index contributed by atoms with van der Waals surface area (Å²) >= 11 is 0. The van der Waals surface area contributed by atoms with E-state index in [1.807, 2.05) is 89.2 Å². The Morgan fingerprint density at radius 3 is 2.14 bits per heavy atom. The predicted molar refractivity (Wildman–Crippen MR) is 115 cm³/mol. The summed E-state index contributed by atoms with van der Waals surface area (Å²) in [6.45, 7) is 10.4. The highest BCUT2D eigenvalue weighted by molar-refractivity contribution is 6.62. The van der Waals surface area contributed by atoms with E-state index in [0.29, 0.717) is 6.42 Å². The van der Waals surface area contributed by atoms with Crippen molar-refractivity contribution < 1.29 is 18.8 Å². The Balaban J connectivity index is 1.49. The largest absolute Gasteiger partial charge is 0.494 e. The van der Waals surface area contributed by atoms with Gasteiger partial charge in [-0.3, -0.25) is 0 Å². The quantitative estimate of drug-likeness (QED) is 0.756. The highest BCUT2D eigenvalue weighted by Gasteiger charge is 2.51. The minimum Gasteiger partial charge on any atom is -0.445 e. The zero-order chi connectivity index (χ0) is 21.1. The molecule has 1 amide bonds. The Morgan fingerprint density at radius 1 is 0.966 bits per heavy atom. The Labute approximate surface area is 173 Å². The monoisotopic (exact) mass is 395 g/mol. The fraction of sp³-hybridized carbons (Fsp3) is 0.435. The molecule has 0 bridgehead atoms. The molecule has 3 rings (SSSR count). The number of benzene rings is 2. The molecule has 1 heterocycles. The summed E-state index contributed by atoms with van der Waals surface area (Å²) in [7, 11) is -0.363. The van der Waals surface area contributed by atoms with Gasteiger partial charge in [-0.15, -0.1) is 0 Å². The van der Waals surface area contributed by atoms with E-state index in [0.717, 1.165) is 16.6 Å². The molecule has 2 aromatic carbocycles. The van der Waals surface area contributed by atoms with Crippen LogP contribution < -0.4 is 10.8 Å². The molecule has 0 spiro atoms. The fourth-order valence-electron chi connectivity index (χ4n) is 3.16. The first-order valence-electron chi connectivity index (χ1n) is 10.1. The summed E-state index contributed by atoms with van der Waals surface area (Å²) in [5, 5.41) is 2.88. The van der Waals surface area contributed by atoms with Gasteiger partial charge < -0.3 is 19.4 Å². The lowest BCUT2D eigenvalue weighted by molar-refractivity contribution is 0.00578. The second-order valence-electron chi connectivity index (χ2n) is 8.64. The van der Waals surface area contributed by atoms with Crippen molar-refractivity contribution in [3.8, 4) is 0 Å². The minimum atomic E-state index is -0.407. The van der Waals surface area contributed by atoms with E-state index in [1.54, 1.807) is 0 Å². The van der Waals surface area contributed by atoms with Gasteiger partial charge in [0.25, 0.3) is 0 Å². The van der Waals surface area contributed by atoms with Gasteiger partial charge in [0.1, 0.15) is 6.61 Å². The lowest BCUT2D eigenvalue weighted by atomic mass is 9.78. The van der Waals surface area contributed by atoms with E-state index in [1.165, 1.54) is 0 Å². The third-order valence-electron chi connectivity index (χ3n) is 5.62. The van der Waals surface area contributed by atoms with E-state index in [2.05, 4.69) is 5.32 Å². The molecule has 0 aliphatic carbocycles. The van der Waals surface area contributed by atoms with Crippen molar-refractivity contribution in [1.82, 2.24) is 5.32 Å². The summed E-state index contributed by atoms with van der Waals surface area (Å²) in [6, 6.07) is 17.7.